The summed E-state index contributed by atoms with van der Waals surface area (Å²) in [5.74, 6) is 5.42. The number of hydrogen-bond donors (Lipinski definition) is 2. The van der Waals surface area contributed by atoms with Gasteiger partial charge in [0.2, 0.25) is 0 Å². The van der Waals surface area contributed by atoms with E-state index in [1.165, 1.54) is 11.9 Å². The Morgan fingerprint density at radius 3 is 3.05 bits per heavy atom. The number of nitrogens with two attached hydrogens (primary N) is 1. The molecule has 0 aromatic heterocycles. The first-order valence-corrected chi connectivity index (χ1v) is 7.08. The zero-order valence-corrected chi connectivity index (χ0v) is 11.8. The smallest absolute Gasteiger partial charge is 0.252 e. The van der Waals surface area contributed by atoms with E-state index in [0.29, 0.717) is 5.92 Å². The molecule has 2 rings (SSSR count). The van der Waals surface area contributed by atoms with Gasteiger partial charge >= 0.3 is 0 Å². The highest BCUT2D eigenvalue weighted by Crippen LogP contribution is 2.34. The van der Waals surface area contributed by atoms with Crippen molar-refractivity contribution >= 4 is 18.3 Å². The van der Waals surface area contributed by atoms with Gasteiger partial charge in [-0.1, -0.05) is 37.6 Å². The van der Waals surface area contributed by atoms with Crippen molar-refractivity contribution in [2.24, 2.45) is 10.9 Å². The molecule has 0 heterocycles. The van der Waals surface area contributed by atoms with Crippen LogP contribution >= 0.6 is 0 Å². The van der Waals surface area contributed by atoms with Crippen molar-refractivity contribution in [3.05, 3.63) is 41.0 Å². The summed E-state index contributed by atoms with van der Waals surface area (Å²) in [6, 6.07) is 8.34. The maximum atomic E-state index is 12.1. The van der Waals surface area contributed by atoms with Crippen LogP contribution in [0.5, 0.6) is 0 Å². The summed E-state index contributed by atoms with van der Waals surface area (Å²) in [6.45, 7) is 2.20. The minimum atomic E-state index is -0.119. The molecule has 1 aromatic rings. The number of hydrogen-bond acceptors (Lipinski definition) is 3. The van der Waals surface area contributed by atoms with Crippen molar-refractivity contribution < 1.29 is 4.79 Å². The van der Waals surface area contributed by atoms with Gasteiger partial charge in [-0.2, -0.15) is 5.10 Å². The highest BCUT2D eigenvalue weighted by molar-refractivity contribution is 6.03. The molecule has 0 fully saturated rings. The number of carbonyl (C=O) groups is 1. The Hall–Kier alpha value is -2.10. The predicted molar refractivity (Wildman–Crippen MR) is 82.1 cm³/mol. The lowest BCUT2D eigenvalue weighted by molar-refractivity contribution is -0.116. The number of carbonyl (C=O) groups excluding carboxylic acids is 1. The second-order valence-corrected chi connectivity index (χ2v) is 5.07. The molecule has 1 atom stereocenters. The van der Waals surface area contributed by atoms with E-state index >= 15 is 0 Å². The number of rotatable bonds is 4. The third-order valence-electron chi connectivity index (χ3n) is 3.73. The maximum absolute atomic E-state index is 12.1. The third-order valence-corrected chi connectivity index (χ3v) is 3.73. The molecule has 20 heavy (non-hydrogen) atoms. The molecule has 3 N–H and O–H groups in total. The van der Waals surface area contributed by atoms with E-state index in [1.54, 1.807) is 0 Å². The average Bonchev–Trinajstić information content (AvgIpc) is 2.65. The maximum Gasteiger partial charge on any atom is 0.252 e. The van der Waals surface area contributed by atoms with E-state index in [4.69, 9.17) is 5.84 Å². The number of hydrazone groups is 1. The Labute approximate surface area is 119 Å². The molecule has 1 aliphatic carbocycles. The summed E-state index contributed by atoms with van der Waals surface area (Å²) in [6.07, 6.45) is 7.31. The average molecular weight is 271 g/mol. The summed E-state index contributed by atoms with van der Waals surface area (Å²) < 4.78 is 0. The van der Waals surface area contributed by atoms with Gasteiger partial charge in [0.15, 0.2) is 0 Å². The summed E-state index contributed by atoms with van der Waals surface area (Å²) in [5.41, 5.74) is 3.29. The van der Waals surface area contributed by atoms with Crippen molar-refractivity contribution in [3.8, 4) is 0 Å². The number of fused-ring (bicyclic) bond motifs is 1. The minimum Gasteiger partial charge on any atom is -0.322 e. The van der Waals surface area contributed by atoms with E-state index in [9.17, 15) is 4.79 Å². The highest BCUT2D eigenvalue weighted by Gasteiger charge is 2.20. The molecule has 4 heteroatoms. The van der Waals surface area contributed by atoms with Crippen molar-refractivity contribution in [3.63, 3.8) is 0 Å². The van der Waals surface area contributed by atoms with Gasteiger partial charge in [0.25, 0.3) is 5.91 Å². The van der Waals surface area contributed by atoms with E-state index < -0.39 is 0 Å². The number of benzene rings is 1. The predicted octanol–water partition coefficient (Wildman–Crippen LogP) is 2.77. The number of nitrogens with one attached hydrogen (secondary N) is 1. The molecule has 1 amide bonds. The van der Waals surface area contributed by atoms with Crippen LogP contribution < -0.4 is 11.2 Å². The Bertz CT molecular complexity index is 534. The van der Waals surface area contributed by atoms with E-state index in [1.807, 2.05) is 12.1 Å². The number of amides is 1. The molecule has 0 saturated heterocycles. The summed E-state index contributed by atoms with van der Waals surface area (Å²) in [4.78, 5) is 12.1. The van der Waals surface area contributed by atoms with Gasteiger partial charge in [-0.25, -0.2) is 0 Å². The molecular weight excluding hydrogens is 250 g/mol. The lowest BCUT2D eigenvalue weighted by atomic mass is 9.89. The van der Waals surface area contributed by atoms with E-state index in [0.717, 1.165) is 36.8 Å². The topological polar surface area (TPSA) is 67.5 Å². The van der Waals surface area contributed by atoms with Crippen molar-refractivity contribution in [1.29, 1.82) is 0 Å². The van der Waals surface area contributed by atoms with Crippen molar-refractivity contribution in [1.82, 2.24) is 5.32 Å². The number of nitrogens with zero attached hydrogens (tertiary/aromatic N) is 1. The quantitative estimate of drug-likeness (QED) is 0.383. The Balaban J connectivity index is 2.28. The standard InChI is InChI=1S/C16H21N3O/c1-2-5-12-8-9-14(16(20)18-11-19-17)10-13-6-3-4-7-15(12)13/h3-4,6-7,10-12H,2,5,8-9,17H2,1H3,(H,18,19,20). The normalized spacial score (nSPS) is 18.2. The first-order valence-electron chi connectivity index (χ1n) is 7.08. The van der Waals surface area contributed by atoms with Crippen LogP contribution in [0.15, 0.2) is 34.9 Å². The molecule has 0 spiro atoms. The zero-order valence-electron chi connectivity index (χ0n) is 11.8. The van der Waals surface area contributed by atoms with E-state index in [-0.39, 0.29) is 5.91 Å². The Kier molecular flexibility index (Phi) is 4.93. The second kappa shape index (κ2) is 6.89. The van der Waals surface area contributed by atoms with Crippen LogP contribution in [0.3, 0.4) is 0 Å². The molecule has 4 nitrogen and oxygen atoms in total. The molecule has 1 aliphatic rings. The van der Waals surface area contributed by atoms with Crippen LogP contribution in [0.1, 0.15) is 49.7 Å². The monoisotopic (exact) mass is 271 g/mol. The fraction of sp³-hybridized carbons (Fsp3) is 0.375. The molecule has 0 bridgehead atoms. The van der Waals surface area contributed by atoms with Gasteiger partial charge < -0.3 is 11.2 Å². The van der Waals surface area contributed by atoms with Gasteiger partial charge in [-0.15, -0.1) is 0 Å². The third kappa shape index (κ3) is 3.26. The molecule has 106 valence electrons. The van der Waals surface area contributed by atoms with Crippen LogP contribution in [0, 0.1) is 0 Å². The Morgan fingerprint density at radius 2 is 2.30 bits per heavy atom. The molecule has 1 aromatic carbocycles. The molecule has 0 saturated carbocycles. The van der Waals surface area contributed by atoms with E-state index in [2.05, 4.69) is 35.5 Å². The largest absolute Gasteiger partial charge is 0.322 e. The van der Waals surface area contributed by atoms with Crippen LogP contribution in [-0.2, 0) is 4.79 Å². The van der Waals surface area contributed by atoms with Gasteiger partial charge in [-0.05, 0) is 42.4 Å². The van der Waals surface area contributed by atoms with Gasteiger partial charge in [0, 0.05) is 5.57 Å². The van der Waals surface area contributed by atoms with Crippen LogP contribution in [0.4, 0.5) is 0 Å². The van der Waals surface area contributed by atoms with Crippen molar-refractivity contribution in [2.45, 2.75) is 38.5 Å². The lowest BCUT2D eigenvalue weighted by Crippen LogP contribution is -2.23. The fourth-order valence-electron chi connectivity index (χ4n) is 2.78. The van der Waals surface area contributed by atoms with Crippen molar-refractivity contribution in [2.75, 3.05) is 0 Å². The van der Waals surface area contributed by atoms with Crippen LogP contribution in [0.2, 0.25) is 0 Å². The zero-order chi connectivity index (χ0) is 14.4. The summed E-state index contributed by atoms with van der Waals surface area (Å²) in [7, 11) is 0. The Morgan fingerprint density at radius 1 is 1.50 bits per heavy atom. The molecule has 1 unspecified atom stereocenters. The minimum absolute atomic E-state index is 0.119. The lowest BCUT2D eigenvalue weighted by Gasteiger charge is -2.16. The fourth-order valence-corrected chi connectivity index (χ4v) is 2.78. The summed E-state index contributed by atoms with van der Waals surface area (Å²) >= 11 is 0. The van der Waals surface area contributed by atoms with Gasteiger partial charge in [0.1, 0.15) is 6.34 Å². The van der Waals surface area contributed by atoms with Crippen LogP contribution in [-0.4, -0.2) is 12.2 Å². The SMILES string of the molecule is CCCC1CCC(C(=O)NC=NN)=Cc2ccccc21. The first kappa shape index (κ1) is 14.3. The molecule has 0 radical (unpaired) electrons. The second-order valence-electron chi connectivity index (χ2n) is 5.07. The van der Waals surface area contributed by atoms with Gasteiger partial charge in [0.05, 0.1) is 0 Å². The summed E-state index contributed by atoms with van der Waals surface area (Å²) in [5, 5.41) is 5.88. The van der Waals surface area contributed by atoms with Gasteiger partial charge in [-0.3, -0.25) is 4.79 Å². The highest BCUT2D eigenvalue weighted by atomic mass is 16.1. The molecule has 0 aliphatic heterocycles. The first-order chi connectivity index (χ1) is 9.76. The van der Waals surface area contributed by atoms with Crippen LogP contribution in [0.25, 0.3) is 6.08 Å². The molecular formula is C16H21N3O.